The molecular weight excluding hydrogens is 233 g/mol. The Kier molecular flexibility index (Phi) is 4.11. The number of aliphatic hydroxyl groups excluding tert-OH is 1. The molecule has 0 amide bonds. The number of carbonyl (C=O) groups excluding carboxylic acids is 1. The Balaban J connectivity index is 2.99. The SMILES string of the molecule is COC(=O)C[C@@H](O)c1cc([N+](=O)[O-])ccc1F. The first-order valence-corrected chi connectivity index (χ1v) is 4.64. The van der Waals surface area contributed by atoms with Crippen molar-refractivity contribution in [1.29, 1.82) is 0 Å². The number of ether oxygens (including phenoxy) is 1. The van der Waals surface area contributed by atoms with Gasteiger partial charge in [0.15, 0.2) is 0 Å². The van der Waals surface area contributed by atoms with E-state index in [1.807, 2.05) is 0 Å². The molecule has 0 aliphatic heterocycles. The Bertz CT molecular complexity index is 448. The molecule has 0 aliphatic carbocycles. The molecule has 0 radical (unpaired) electrons. The summed E-state index contributed by atoms with van der Waals surface area (Å²) in [6, 6.07) is 2.74. The number of nitro groups is 1. The zero-order valence-corrected chi connectivity index (χ0v) is 8.92. The van der Waals surface area contributed by atoms with Crippen LogP contribution >= 0.6 is 0 Å². The lowest BCUT2D eigenvalue weighted by molar-refractivity contribution is -0.385. The average molecular weight is 243 g/mol. The Morgan fingerprint density at radius 1 is 1.65 bits per heavy atom. The van der Waals surface area contributed by atoms with Gasteiger partial charge in [0.2, 0.25) is 0 Å². The van der Waals surface area contributed by atoms with Gasteiger partial charge in [0.05, 0.1) is 24.6 Å². The Morgan fingerprint density at radius 2 is 2.29 bits per heavy atom. The lowest BCUT2D eigenvalue weighted by atomic mass is 10.1. The molecule has 0 unspecified atom stereocenters. The molecule has 1 aromatic rings. The summed E-state index contributed by atoms with van der Waals surface area (Å²) in [6.45, 7) is 0. The fraction of sp³-hybridized carbons (Fsp3) is 0.300. The van der Waals surface area contributed by atoms with Crippen LogP contribution in [0.2, 0.25) is 0 Å². The molecule has 0 bridgehead atoms. The van der Waals surface area contributed by atoms with E-state index in [-0.39, 0.29) is 11.3 Å². The summed E-state index contributed by atoms with van der Waals surface area (Å²) < 4.78 is 17.6. The molecule has 1 atom stereocenters. The summed E-state index contributed by atoms with van der Waals surface area (Å²) in [5.41, 5.74) is -0.657. The van der Waals surface area contributed by atoms with Crippen molar-refractivity contribution in [3.63, 3.8) is 0 Å². The van der Waals surface area contributed by atoms with Crippen LogP contribution < -0.4 is 0 Å². The number of nitro benzene ring substituents is 1. The normalized spacial score (nSPS) is 11.9. The van der Waals surface area contributed by atoms with Gasteiger partial charge in [0.25, 0.3) is 5.69 Å². The monoisotopic (exact) mass is 243 g/mol. The van der Waals surface area contributed by atoms with E-state index >= 15 is 0 Å². The summed E-state index contributed by atoms with van der Waals surface area (Å²) in [4.78, 5) is 20.6. The van der Waals surface area contributed by atoms with Gasteiger partial charge in [-0.25, -0.2) is 4.39 Å². The molecule has 17 heavy (non-hydrogen) atoms. The van der Waals surface area contributed by atoms with Crippen LogP contribution in [0.5, 0.6) is 0 Å². The molecule has 1 rings (SSSR count). The predicted octanol–water partition coefficient (Wildman–Crippen LogP) is 1.33. The number of hydrogen-bond donors (Lipinski definition) is 1. The molecule has 1 aromatic carbocycles. The second-order valence-corrected chi connectivity index (χ2v) is 3.26. The Morgan fingerprint density at radius 3 is 2.82 bits per heavy atom. The number of aliphatic hydroxyl groups is 1. The maximum atomic E-state index is 13.3. The first kappa shape index (κ1) is 13.0. The number of benzene rings is 1. The van der Waals surface area contributed by atoms with Gasteiger partial charge >= 0.3 is 5.97 Å². The minimum absolute atomic E-state index is 0.301. The first-order chi connectivity index (χ1) is 7.95. The number of methoxy groups -OCH3 is 1. The predicted molar refractivity (Wildman–Crippen MR) is 54.6 cm³/mol. The largest absolute Gasteiger partial charge is 0.469 e. The van der Waals surface area contributed by atoms with Gasteiger partial charge in [-0.15, -0.1) is 0 Å². The molecule has 0 aliphatic rings. The summed E-state index contributed by atoms with van der Waals surface area (Å²) in [5.74, 6) is -1.55. The lowest BCUT2D eigenvalue weighted by Gasteiger charge is -2.10. The van der Waals surface area contributed by atoms with E-state index in [9.17, 15) is 24.4 Å². The van der Waals surface area contributed by atoms with Crippen LogP contribution in [0.4, 0.5) is 10.1 Å². The van der Waals surface area contributed by atoms with Gasteiger partial charge in [-0.1, -0.05) is 0 Å². The number of esters is 1. The third-order valence-corrected chi connectivity index (χ3v) is 2.14. The van der Waals surface area contributed by atoms with Crippen LogP contribution in [0.3, 0.4) is 0 Å². The zero-order chi connectivity index (χ0) is 13.0. The topological polar surface area (TPSA) is 89.7 Å². The number of rotatable bonds is 4. The molecule has 0 aromatic heterocycles. The van der Waals surface area contributed by atoms with E-state index in [1.54, 1.807) is 0 Å². The Labute approximate surface area is 95.8 Å². The van der Waals surface area contributed by atoms with Gasteiger partial charge in [-0.3, -0.25) is 14.9 Å². The molecule has 1 N–H and O–H groups in total. The molecular formula is C10H10FNO5. The van der Waals surface area contributed by atoms with Crippen molar-refractivity contribution >= 4 is 11.7 Å². The Hall–Kier alpha value is -2.02. The zero-order valence-electron chi connectivity index (χ0n) is 8.92. The van der Waals surface area contributed by atoms with E-state index in [2.05, 4.69) is 4.74 Å². The molecule has 0 saturated heterocycles. The van der Waals surface area contributed by atoms with Gasteiger partial charge in [-0.2, -0.15) is 0 Å². The van der Waals surface area contributed by atoms with E-state index in [0.717, 1.165) is 25.3 Å². The van der Waals surface area contributed by atoms with Crippen molar-refractivity contribution in [2.75, 3.05) is 7.11 Å². The highest BCUT2D eigenvalue weighted by Gasteiger charge is 2.20. The third kappa shape index (κ3) is 3.22. The third-order valence-electron chi connectivity index (χ3n) is 2.14. The summed E-state index contributed by atoms with van der Waals surface area (Å²) in [6.07, 6.45) is -1.93. The van der Waals surface area contributed by atoms with Gasteiger partial charge in [-0.05, 0) is 6.07 Å². The highest BCUT2D eigenvalue weighted by molar-refractivity contribution is 5.70. The summed E-state index contributed by atoms with van der Waals surface area (Å²) in [5, 5.41) is 20.0. The molecule has 0 saturated carbocycles. The number of nitrogens with zero attached hydrogens (tertiary/aromatic N) is 1. The first-order valence-electron chi connectivity index (χ1n) is 4.64. The number of hydrogen-bond acceptors (Lipinski definition) is 5. The molecule has 7 heteroatoms. The van der Waals surface area contributed by atoms with Crippen molar-refractivity contribution < 1.29 is 24.0 Å². The van der Waals surface area contributed by atoms with E-state index < -0.39 is 29.2 Å². The second kappa shape index (κ2) is 5.35. The van der Waals surface area contributed by atoms with Crippen molar-refractivity contribution in [3.05, 3.63) is 39.7 Å². The standard InChI is InChI=1S/C10H10FNO5/c1-17-10(14)5-9(13)7-4-6(12(15)16)2-3-8(7)11/h2-4,9,13H,5H2,1H3/t9-/m1/s1. The van der Waals surface area contributed by atoms with Gasteiger partial charge in [0, 0.05) is 17.7 Å². The lowest BCUT2D eigenvalue weighted by Crippen LogP contribution is -2.09. The molecule has 6 nitrogen and oxygen atoms in total. The van der Waals surface area contributed by atoms with Crippen LogP contribution in [-0.4, -0.2) is 23.1 Å². The maximum absolute atomic E-state index is 13.3. The van der Waals surface area contributed by atoms with E-state index in [4.69, 9.17) is 0 Å². The van der Waals surface area contributed by atoms with Crippen LogP contribution in [-0.2, 0) is 9.53 Å². The highest BCUT2D eigenvalue weighted by Crippen LogP contribution is 2.24. The molecule has 0 spiro atoms. The van der Waals surface area contributed by atoms with Crippen molar-refractivity contribution in [1.82, 2.24) is 0 Å². The molecule has 0 fully saturated rings. The van der Waals surface area contributed by atoms with E-state index in [1.165, 1.54) is 0 Å². The number of non-ortho nitro benzene ring substituents is 1. The second-order valence-electron chi connectivity index (χ2n) is 3.26. The van der Waals surface area contributed by atoms with Crippen LogP contribution in [0.1, 0.15) is 18.1 Å². The number of halogens is 1. The minimum Gasteiger partial charge on any atom is -0.469 e. The summed E-state index contributed by atoms with van der Waals surface area (Å²) >= 11 is 0. The van der Waals surface area contributed by atoms with Crippen molar-refractivity contribution in [3.8, 4) is 0 Å². The smallest absolute Gasteiger partial charge is 0.308 e. The van der Waals surface area contributed by atoms with Gasteiger partial charge < -0.3 is 9.84 Å². The summed E-state index contributed by atoms with van der Waals surface area (Å²) in [7, 11) is 1.12. The van der Waals surface area contributed by atoms with Crippen LogP contribution in [0, 0.1) is 15.9 Å². The highest BCUT2D eigenvalue weighted by atomic mass is 19.1. The maximum Gasteiger partial charge on any atom is 0.308 e. The van der Waals surface area contributed by atoms with Crippen LogP contribution in [0.25, 0.3) is 0 Å². The quantitative estimate of drug-likeness (QED) is 0.489. The average Bonchev–Trinajstić information content (AvgIpc) is 2.28. The molecule has 0 heterocycles. The molecule has 92 valence electrons. The van der Waals surface area contributed by atoms with Crippen molar-refractivity contribution in [2.45, 2.75) is 12.5 Å². The fourth-order valence-corrected chi connectivity index (χ4v) is 1.25. The number of carbonyl (C=O) groups is 1. The van der Waals surface area contributed by atoms with Crippen molar-refractivity contribution in [2.24, 2.45) is 0 Å². The minimum atomic E-state index is -1.47. The van der Waals surface area contributed by atoms with E-state index in [0.29, 0.717) is 0 Å². The van der Waals surface area contributed by atoms with Gasteiger partial charge in [0.1, 0.15) is 5.82 Å². The fourth-order valence-electron chi connectivity index (χ4n) is 1.25. The van der Waals surface area contributed by atoms with Crippen LogP contribution in [0.15, 0.2) is 18.2 Å².